The Morgan fingerprint density at radius 3 is 2.74 bits per heavy atom. The molecule has 0 radical (unpaired) electrons. The van der Waals surface area contributed by atoms with Gasteiger partial charge in [0.2, 0.25) is 5.88 Å². The van der Waals surface area contributed by atoms with Crippen LogP contribution in [0.1, 0.15) is 54.8 Å². The Morgan fingerprint density at radius 1 is 1.26 bits per heavy atom. The lowest BCUT2D eigenvalue weighted by molar-refractivity contribution is -0.116. The molecule has 0 aliphatic heterocycles. The van der Waals surface area contributed by atoms with E-state index in [0.29, 0.717) is 17.1 Å². The van der Waals surface area contributed by atoms with Gasteiger partial charge in [-0.15, -0.1) is 0 Å². The van der Waals surface area contributed by atoms with Crippen LogP contribution in [0.15, 0.2) is 60.6 Å². The van der Waals surface area contributed by atoms with Gasteiger partial charge in [0, 0.05) is 47.4 Å². The van der Waals surface area contributed by atoms with Crippen molar-refractivity contribution in [1.29, 1.82) is 0 Å². The molecular weight excluding hydrogens is 430 g/mol. The van der Waals surface area contributed by atoms with Crippen LogP contribution in [0.4, 0.5) is 0 Å². The summed E-state index contributed by atoms with van der Waals surface area (Å²) in [6, 6.07) is 7.35. The molecule has 1 atom stereocenters. The number of aromatic nitrogens is 3. The molecule has 0 saturated heterocycles. The van der Waals surface area contributed by atoms with E-state index in [1.807, 2.05) is 56.5 Å². The standard InChI is InChI=1S/C26H31N5O3/c1-7-9-17(3)30-25(32)16(2)15-29-26(33)23-19(5)31(24-21(23)10-8-12-28-24)18(4)20-11-13-27-22(14-20)34-6/h8-14,18H,2,7,15H2,1,3-6H3,(H,29,33)(H,30,32)/b17-9-. The predicted molar refractivity (Wildman–Crippen MR) is 133 cm³/mol. The number of carbonyl (C=O) groups is 2. The van der Waals surface area contributed by atoms with Crippen molar-refractivity contribution in [3.05, 3.63) is 77.4 Å². The molecule has 3 heterocycles. The maximum Gasteiger partial charge on any atom is 0.254 e. The van der Waals surface area contributed by atoms with Gasteiger partial charge in [0.05, 0.1) is 18.7 Å². The quantitative estimate of drug-likeness (QED) is 0.468. The van der Waals surface area contributed by atoms with Gasteiger partial charge < -0.3 is 19.9 Å². The molecule has 3 aromatic rings. The molecule has 2 amide bonds. The van der Waals surface area contributed by atoms with Crippen molar-refractivity contribution in [3.8, 4) is 5.88 Å². The molecular formula is C26H31N5O3. The number of carbonyl (C=O) groups excluding carboxylic acids is 2. The summed E-state index contributed by atoms with van der Waals surface area (Å²) in [6.07, 6.45) is 6.13. The van der Waals surface area contributed by atoms with Crippen molar-refractivity contribution in [2.75, 3.05) is 13.7 Å². The first-order valence-corrected chi connectivity index (χ1v) is 11.2. The molecule has 0 spiro atoms. The van der Waals surface area contributed by atoms with Gasteiger partial charge in [0.15, 0.2) is 0 Å². The summed E-state index contributed by atoms with van der Waals surface area (Å²) in [7, 11) is 1.58. The van der Waals surface area contributed by atoms with Gasteiger partial charge in [-0.1, -0.05) is 19.6 Å². The van der Waals surface area contributed by atoms with Crippen molar-refractivity contribution >= 4 is 22.8 Å². The van der Waals surface area contributed by atoms with E-state index in [-0.39, 0.29) is 30.0 Å². The molecule has 0 aliphatic carbocycles. The Kier molecular flexibility index (Phi) is 7.83. The minimum absolute atomic E-state index is 0.0353. The van der Waals surface area contributed by atoms with Crippen molar-refractivity contribution in [2.24, 2.45) is 0 Å². The largest absolute Gasteiger partial charge is 0.481 e. The van der Waals surface area contributed by atoms with Crippen molar-refractivity contribution in [2.45, 2.75) is 40.2 Å². The summed E-state index contributed by atoms with van der Waals surface area (Å²) in [6.45, 7) is 11.6. The number of hydrogen-bond donors (Lipinski definition) is 2. The third kappa shape index (κ3) is 5.17. The van der Waals surface area contributed by atoms with E-state index in [4.69, 9.17) is 4.74 Å². The van der Waals surface area contributed by atoms with E-state index in [2.05, 4.69) is 27.2 Å². The number of nitrogens with one attached hydrogen (secondary N) is 2. The molecule has 1 unspecified atom stereocenters. The van der Waals surface area contributed by atoms with E-state index in [1.54, 1.807) is 25.6 Å². The van der Waals surface area contributed by atoms with E-state index in [9.17, 15) is 9.59 Å². The molecule has 0 saturated carbocycles. The third-order valence-corrected chi connectivity index (χ3v) is 5.68. The van der Waals surface area contributed by atoms with Crippen molar-refractivity contribution in [1.82, 2.24) is 25.2 Å². The maximum absolute atomic E-state index is 13.2. The van der Waals surface area contributed by atoms with Crippen LogP contribution in [0.5, 0.6) is 5.88 Å². The number of fused-ring (bicyclic) bond motifs is 1. The SMILES string of the molecule is C=C(CNC(=O)c1c(C)n(C(C)c2ccnc(OC)c2)c2ncccc12)C(=O)N/C(C)=C\CC. The second-order valence-corrected chi connectivity index (χ2v) is 8.05. The van der Waals surface area contributed by atoms with Crippen LogP contribution in [-0.4, -0.2) is 40.0 Å². The predicted octanol–water partition coefficient (Wildman–Crippen LogP) is 4.07. The van der Waals surface area contributed by atoms with E-state index in [1.165, 1.54) is 0 Å². The molecule has 0 fully saturated rings. The van der Waals surface area contributed by atoms with Gasteiger partial charge in [-0.3, -0.25) is 9.59 Å². The number of pyridine rings is 2. The monoisotopic (exact) mass is 461 g/mol. The lowest BCUT2D eigenvalue weighted by Crippen LogP contribution is -2.32. The lowest BCUT2D eigenvalue weighted by atomic mass is 10.1. The highest BCUT2D eigenvalue weighted by atomic mass is 16.5. The second-order valence-electron chi connectivity index (χ2n) is 8.05. The smallest absolute Gasteiger partial charge is 0.254 e. The van der Waals surface area contributed by atoms with Crippen molar-refractivity contribution < 1.29 is 14.3 Å². The fourth-order valence-corrected chi connectivity index (χ4v) is 3.94. The first kappa shape index (κ1) is 24.7. The number of methoxy groups -OCH3 is 1. The number of amides is 2. The minimum atomic E-state index is -0.316. The zero-order valence-electron chi connectivity index (χ0n) is 20.3. The van der Waals surface area contributed by atoms with Crippen LogP contribution in [0.2, 0.25) is 0 Å². The normalized spacial score (nSPS) is 12.3. The summed E-state index contributed by atoms with van der Waals surface area (Å²) < 4.78 is 7.30. The Balaban J connectivity index is 1.88. The minimum Gasteiger partial charge on any atom is -0.481 e. The Labute approximate surface area is 199 Å². The molecule has 0 aromatic carbocycles. The molecule has 34 heavy (non-hydrogen) atoms. The summed E-state index contributed by atoms with van der Waals surface area (Å²) in [5, 5.41) is 6.35. The summed E-state index contributed by atoms with van der Waals surface area (Å²) in [5.41, 5.74) is 3.99. The number of nitrogens with zero attached hydrogens (tertiary/aromatic N) is 3. The first-order chi connectivity index (χ1) is 16.3. The maximum atomic E-state index is 13.2. The summed E-state index contributed by atoms with van der Waals surface area (Å²) in [5.74, 6) is -0.0858. The van der Waals surface area contributed by atoms with Crippen LogP contribution in [0.3, 0.4) is 0 Å². The number of ether oxygens (including phenoxy) is 1. The highest BCUT2D eigenvalue weighted by Gasteiger charge is 2.24. The molecule has 178 valence electrons. The van der Waals surface area contributed by atoms with Gasteiger partial charge in [0.25, 0.3) is 11.8 Å². The molecule has 8 nitrogen and oxygen atoms in total. The van der Waals surface area contributed by atoms with E-state index < -0.39 is 0 Å². The van der Waals surface area contributed by atoms with Gasteiger partial charge >= 0.3 is 0 Å². The highest BCUT2D eigenvalue weighted by molar-refractivity contribution is 6.08. The summed E-state index contributed by atoms with van der Waals surface area (Å²) in [4.78, 5) is 34.3. The fraction of sp³-hybridized carbons (Fsp3) is 0.308. The number of rotatable bonds is 9. The Morgan fingerprint density at radius 2 is 2.03 bits per heavy atom. The second kappa shape index (κ2) is 10.8. The first-order valence-electron chi connectivity index (χ1n) is 11.2. The Hall–Kier alpha value is -3.94. The molecule has 3 rings (SSSR count). The average Bonchev–Trinajstić information content (AvgIpc) is 3.13. The van der Waals surface area contributed by atoms with Crippen molar-refractivity contribution in [3.63, 3.8) is 0 Å². The zero-order valence-corrected chi connectivity index (χ0v) is 20.3. The van der Waals surface area contributed by atoms with Gasteiger partial charge in [-0.25, -0.2) is 9.97 Å². The molecule has 8 heteroatoms. The zero-order chi connectivity index (χ0) is 24.8. The van der Waals surface area contributed by atoms with Crippen LogP contribution in [0.25, 0.3) is 11.0 Å². The van der Waals surface area contributed by atoms with Crippen LogP contribution in [0, 0.1) is 6.92 Å². The molecule has 2 N–H and O–H groups in total. The van der Waals surface area contributed by atoms with Crippen LogP contribution >= 0.6 is 0 Å². The Bertz CT molecular complexity index is 1260. The van der Waals surface area contributed by atoms with Gasteiger partial charge in [-0.2, -0.15) is 0 Å². The highest BCUT2D eigenvalue weighted by Crippen LogP contribution is 2.31. The van der Waals surface area contributed by atoms with Crippen LogP contribution in [-0.2, 0) is 4.79 Å². The van der Waals surface area contributed by atoms with E-state index >= 15 is 0 Å². The number of allylic oxidation sites excluding steroid dienone is 2. The third-order valence-electron chi connectivity index (χ3n) is 5.68. The van der Waals surface area contributed by atoms with E-state index in [0.717, 1.165) is 28.8 Å². The fourth-order valence-electron chi connectivity index (χ4n) is 3.94. The molecule has 3 aromatic heterocycles. The molecule has 0 aliphatic rings. The lowest BCUT2D eigenvalue weighted by Gasteiger charge is -2.18. The van der Waals surface area contributed by atoms with Crippen LogP contribution < -0.4 is 15.4 Å². The topological polar surface area (TPSA) is 98.1 Å². The number of hydrogen-bond acceptors (Lipinski definition) is 5. The summed E-state index contributed by atoms with van der Waals surface area (Å²) >= 11 is 0. The van der Waals surface area contributed by atoms with Gasteiger partial charge in [-0.05, 0) is 51.0 Å². The van der Waals surface area contributed by atoms with Gasteiger partial charge in [0.1, 0.15) is 5.65 Å². The average molecular weight is 462 g/mol. The molecule has 0 bridgehead atoms.